The number of ether oxygens (including phenoxy) is 1. The Morgan fingerprint density at radius 2 is 1.72 bits per heavy atom. The van der Waals surface area contributed by atoms with E-state index in [-0.39, 0.29) is 0 Å². The van der Waals surface area contributed by atoms with E-state index in [2.05, 4.69) is 0 Å². The highest BCUT2D eigenvalue weighted by Crippen LogP contribution is 2.35. The van der Waals surface area contributed by atoms with E-state index in [1.807, 2.05) is 36.4 Å². The monoisotopic (exact) mass is 278 g/mol. The smallest absolute Gasteiger partial charge is 0.138 e. The molecule has 0 fully saturated rings. The number of rotatable bonds is 3. The van der Waals surface area contributed by atoms with Crippen molar-refractivity contribution in [2.45, 2.75) is 6.42 Å². The molecule has 0 aromatic heterocycles. The molecule has 0 spiro atoms. The normalized spacial score (nSPS) is 10.4. The molecule has 3 heteroatoms. The first-order chi connectivity index (χ1) is 8.63. The van der Waals surface area contributed by atoms with Crippen LogP contribution >= 0.6 is 23.2 Å². The molecule has 18 heavy (non-hydrogen) atoms. The second-order valence-corrected chi connectivity index (χ2v) is 4.69. The van der Waals surface area contributed by atoms with Crippen molar-refractivity contribution in [2.75, 3.05) is 7.11 Å². The fourth-order valence-electron chi connectivity index (χ4n) is 1.77. The van der Waals surface area contributed by atoms with Gasteiger partial charge in [0.25, 0.3) is 0 Å². The van der Waals surface area contributed by atoms with E-state index in [1.54, 1.807) is 7.11 Å². The maximum atomic E-state index is 6.23. The molecule has 0 atom stereocenters. The van der Waals surface area contributed by atoms with Gasteiger partial charge in [-0.05, 0) is 36.1 Å². The Balaban J connectivity index is 2.36. The van der Waals surface area contributed by atoms with Gasteiger partial charge in [-0.25, -0.2) is 0 Å². The lowest BCUT2D eigenvalue weighted by Gasteiger charge is -2.11. The van der Waals surface area contributed by atoms with Gasteiger partial charge in [-0.1, -0.05) is 53.5 Å². The average molecular weight is 279 g/mol. The second kappa shape index (κ2) is 5.64. The van der Waals surface area contributed by atoms with E-state index >= 15 is 0 Å². The molecule has 0 aliphatic rings. The molecule has 0 aliphatic carbocycles. The molecule has 1 nitrogen and oxygen atoms in total. The highest BCUT2D eigenvalue weighted by atomic mass is 35.5. The zero-order valence-electron chi connectivity index (χ0n) is 9.91. The maximum Gasteiger partial charge on any atom is 0.138 e. The van der Waals surface area contributed by atoms with E-state index in [4.69, 9.17) is 34.9 Å². The largest absolute Gasteiger partial charge is 0.495 e. The first-order valence-corrected chi connectivity index (χ1v) is 6.23. The molecule has 0 N–H and O–H groups in total. The summed E-state index contributed by atoms with van der Waals surface area (Å²) in [6.45, 7) is 5.91. The van der Waals surface area contributed by atoms with Crippen LogP contribution in [0.5, 0.6) is 5.75 Å². The molecule has 2 aromatic carbocycles. The zero-order chi connectivity index (χ0) is 13.1. The number of halogens is 2. The lowest BCUT2D eigenvalue weighted by atomic mass is 10.0. The molecular formula is C15H12Cl2O. The van der Waals surface area contributed by atoms with E-state index in [9.17, 15) is 0 Å². The fraction of sp³-hybridized carbons (Fsp3) is 0.133. The van der Waals surface area contributed by atoms with Crippen LogP contribution in [0.4, 0.5) is 0 Å². The third-order valence-corrected chi connectivity index (χ3v) is 3.69. The van der Waals surface area contributed by atoms with E-state index in [1.165, 1.54) is 0 Å². The van der Waals surface area contributed by atoms with Gasteiger partial charge in [0.05, 0.1) is 12.1 Å². The molecule has 2 aromatic rings. The first kappa shape index (κ1) is 13.3. The SMILES string of the molecule is [CH]c1ccccc1Cc1ccc(OC)c(Cl)c1Cl. The summed E-state index contributed by atoms with van der Waals surface area (Å²) in [6.07, 6.45) is 0.648. The molecule has 0 saturated heterocycles. The fourth-order valence-corrected chi connectivity index (χ4v) is 2.25. The van der Waals surface area contributed by atoms with Crippen LogP contribution < -0.4 is 4.74 Å². The summed E-state index contributed by atoms with van der Waals surface area (Å²) in [5.74, 6) is 0.575. The number of hydrogen-bond acceptors (Lipinski definition) is 1. The van der Waals surface area contributed by atoms with Crippen molar-refractivity contribution in [3.8, 4) is 5.75 Å². The highest BCUT2D eigenvalue weighted by molar-refractivity contribution is 6.43. The van der Waals surface area contributed by atoms with Crippen LogP contribution in [0, 0.1) is 6.92 Å². The zero-order valence-corrected chi connectivity index (χ0v) is 11.4. The standard InChI is InChI=1S/C15H12Cl2O/c1-10-5-3-4-6-11(10)9-12-7-8-13(18-2)15(17)14(12)16/h1,3-8H,9H2,2H3. The third kappa shape index (κ3) is 2.63. The van der Waals surface area contributed by atoms with E-state index < -0.39 is 0 Å². The summed E-state index contributed by atoms with van der Waals surface area (Å²) in [5.41, 5.74) is 2.71. The van der Waals surface area contributed by atoms with Gasteiger partial charge in [-0.2, -0.15) is 0 Å². The highest BCUT2D eigenvalue weighted by Gasteiger charge is 2.11. The third-order valence-electron chi connectivity index (χ3n) is 2.78. The molecule has 0 aliphatic heterocycles. The van der Waals surface area contributed by atoms with E-state index in [0.717, 1.165) is 16.7 Å². The summed E-state index contributed by atoms with van der Waals surface area (Å²) in [4.78, 5) is 0. The molecule has 2 rings (SSSR count). The van der Waals surface area contributed by atoms with Crippen LogP contribution in [-0.2, 0) is 6.42 Å². The summed E-state index contributed by atoms with van der Waals surface area (Å²) in [6, 6.07) is 11.4. The molecule has 92 valence electrons. The van der Waals surface area contributed by atoms with Crippen LogP contribution in [0.25, 0.3) is 0 Å². The van der Waals surface area contributed by atoms with Crippen molar-refractivity contribution in [3.63, 3.8) is 0 Å². The van der Waals surface area contributed by atoms with Gasteiger partial charge in [0, 0.05) is 0 Å². The Kier molecular flexibility index (Phi) is 4.15. The quantitative estimate of drug-likeness (QED) is 0.794. The van der Waals surface area contributed by atoms with Crippen LogP contribution in [0.1, 0.15) is 16.7 Å². The Labute approximate surface area is 117 Å². The molecular weight excluding hydrogens is 267 g/mol. The van der Waals surface area contributed by atoms with Crippen molar-refractivity contribution in [1.29, 1.82) is 0 Å². The van der Waals surface area contributed by atoms with Gasteiger partial charge in [0.15, 0.2) is 0 Å². The van der Waals surface area contributed by atoms with Crippen molar-refractivity contribution in [2.24, 2.45) is 0 Å². The topological polar surface area (TPSA) is 9.23 Å². The second-order valence-electron chi connectivity index (χ2n) is 3.93. The van der Waals surface area contributed by atoms with Crippen molar-refractivity contribution in [1.82, 2.24) is 0 Å². The van der Waals surface area contributed by atoms with Crippen molar-refractivity contribution >= 4 is 23.2 Å². The summed E-state index contributed by atoms with van der Waals surface area (Å²) >= 11 is 12.3. The summed E-state index contributed by atoms with van der Waals surface area (Å²) < 4.78 is 5.11. The van der Waals surface area contributed by atoms with Gasteiger partial charge in [0.2, 0.25) is 0 Å². The minimum Gasteiger partial charge on any atom is -0.495 e. The lowest BCUT2D eigenvalue weighted by molar-refractivity contribution is 0.415. The van der Waals surface area contributed by atoms with E-state index in [0.29, 0.717) is 22.2 Å². The molecule has 2 radical (unpaired) electrons. The molecule has 0 unspecified atom stereocenters. The Morgan fingerprint density at radius 1 is 1.00 bits per heavy atom. The molecule has 0 saturated carbocycles. The van der Waals surface area contributed by atoms with Crippen molar-refractivity contribution < 1.29 is 4.74 Å². The Morgan fingerprint density at radius 3 is 2.39 bits per heavy atom. The van der Waals surface area contributed by atoms with Crippen LogP contribution in [0.3, 0.4) is 0 Å². The molecule has 0 heterocycles. The summed E-state index contributed by atoms with van der Waals surface area (Å²) in [5, 5.41) is 0.949. The first-order valence-electron chi connectivity index (χ1n) is 5.47. The Bertz CT molecular complexity index is 564. The lowest BCUT2D eigenvalue weighted by Crippen LogP contribution is -1.94. The van der Waals surface area contributed by atoms with Crippen molar-refractivity contribution in [3.05, 3.63) is 70.1 Å². The van der Waals surface area contributed by atoms with Gasteiger partial charge >= 0.3 is 0 Å². The van der Waals surface area contributed by atoms with Crippen LogP contribution in [0.2, 0.25) is 10.0 Å². The maximum absolute atomic E-state index is 6.23. The van der Waals surface area contributed by atoms with Crippen LogP contribution in [-0.4, -0.2) is 7.11 Å². The predicted octanol–water partition coefficient (Wildman–Crippen LogP) is 4.65. The van der Waals surface area contributed by atoms with Crippen LogP contribution in [0.15, 0.2) is 36.4 Å². The van der Waals surface area contributed by atoms with Gasteiger partial charge in [0.1, 0.15) is 10.8 Å². The number of methoxy groups -OCH3 is 1. The van der Waals surface area contributed by atoms with Gasteiger partial charge in [-0.15, -0.1) is 0 Å². The number of hydrogen-bond donors (Lipinski definition) is 0. The molecule has 0 bridgehead atoms. The number of benzene rings is 2. The summed E-state index contributed by atoms with van der Waals surface area (Å²) in [7, 11) is 1.56. The van der Waals surface area contributed by atoms with Gasteiger partial charge in [-0.3, -0.25) is 0 Å². The average Bonchev–Trinajstić information content (AvgIpc) is 2.38. The Hall–Kier alpha value is -1.18. The minimum atomic E-state index is 0.436. The van der Waals surface area contributed by atoms with Gasteiger partial charge < -0.3 is 4.74 Å². The molecule has 0 amide bonds. The minimum absolute atomic E-state index is 0.436. The predicted molar refractivity (Wildman–Crippen MR) is 75.7 cm³/mol.